The van der Waals surface area contributed by atoms with Gasteiger partial charge in [-0.1, -0.05) is 91.0 Å². The minimum atomic E-state index is -0.313. The summed E-state index contributed by atoms with van der Waals surface area (Å²) in [7, 11) is 0. The molecule has 0 radical (unpaired) electrons. The number of nitrogens with one attached hydrogen (secondary N) is 2. The van der Waals surface area contributed by atoms with E-state index in [1.807, 2.05) is 66.7 Å². The summed E-state index contributed by atoms with van der Waals surface area (Å²) in [6.07, 6.45) is 0. The van der Waals surface area contributed by atoms with E-state index in [2.05, 4.69) is 10.6 Å². The maximum Gasteiger partial charge on any atom is 0.196 e. The van der Waals surface area contributed by atoms with E-state index in [4.69, 9.17) is 0 Å². The number of rotatable bonds is 6. The molecule has 5 nitrogen and oxygen atoms in total. The smallest absolute Gasteiger partial charge is 0.196 e. The number of benzene rings is 5. The zero-order valence-electron chi connectivity index (χ0n) is 20.3. The summed E-state index contributed by atoms with van der Waals surface area (Å²) in [5.74, 6) is -0.849. The summed E-state index contributed by atoms with van der Waals surface area (Å²) in [5.41, 5.74) is 3.98. The lowest BCUT2D eigenvalue weighted by atomic mass is 9.80. The highest BCUT2D eigenvalue weighted by atomic mass is 16.1. The number of carbonyl (C=O) groups is 3. The van der Waals surface area contributed by atoms with Gasteiger partial charge in [-0.15, -0.1) is 0 Å². The zero-order valence-corrected chi connectivity index (χ0v) is 20.3. The van der Waals surface area contributed by atoms with Gasteiger partial charge in [0, 0.05) is 33.6 Å². The van der Waals surface area contributed by atoms with Crippen LogP contribution in [0.15, 0.2) is 121 Å². The fraction of sp³-hybridized carbons (Fsp3) is 0. The van der Waals surface area contributed by atoms with Gasteiger partial charge in [-0.05, 0) is 30.3 Å². The zero-order chi connectivity index (χ0) is 26.1. The van der Waals surface area contributed by atoms with Crippen LogP contribution in [0.5, 0.6) is 0 Å². The molecule has 1 aliphatic carbocycles. The average Bonchev–Trinajstić information content (AvgIpc) is 2.97. The van der Waals surface area contributed by atoms with Gasteiger partial charge in [-0.3, -0.25) is 14.4 Å². The van der Waals surface area contributed by atoms with Crippen LogP contribution in [-0.2, 0) is 0 Å². The van der Waals surface area contributed by atoms with E-state index in [1.54, 1.807) is 54.6 Å². The molecule has 0 heterocycles. The molecule has 0 bridgehead atoms. The van der Waals surface area contributed by atoms with E-state index in [-0.39, 0.29) is 34.0 Å². The third kappa shape index (κ3) is 4.06. The number of para-hydroxylation sites is 2. The van der Waals surface area contributed by atoms with Crippen molar-refractivity contribution in [3.8, 4) is 0 Å². The van der Waals surface area contributed by atoms with Gasteiger partial charge in [-0.25, -0.2) is 0 Å². The van der Waals surface area contributed by atoms with Gasteiger partial charge in [-0.2, -0.15) is 0 Å². The number of hydrogen-bond acceptors (Lipinski definition) is 5. The maximum atomic E-state index is 14.0. The predicted molar refractivity (Wildman–Crippen MR) is 149 cm³/mol. The largest absolute Gasteiger partial charge is 0.355 e. The number of fused-ring (bicyclic) bond motifs is 2. The molecule has 0 saturated carbocycles. The predicted octanol–water partition coefficient (Wildman–Crippen LogP) is 7.18. The molecule has 182 valence electrons. The summed E-state index contributed by atoms with van der Waals surface area (Å²) < 4.78 is 0. The number of anilines is 4. The second-order valence-electron chi connectivity index (χ2n) is 8.98. The maximum absolute atomic E-state index is 14.0. The van der Waals surface area contributed by atoms with Gasteiger partial charge in [0.25, 0.3) is 0 Å². The van der Waals surface area contributed by atoms with Crippen LogP contribution in [0.3, 0.4) is 0 Å². The van der Waals surface area contributed by atoms with Gasteiger partial charge < -0.3 is 10.6 Å². The quantitative estimate of drug-likeness (QED) is 0.240. The molecule has 5 aromatic carbocycles. The molecule has 5 heteroatoms. The summed E-state index contributed by atoms with van der Waals surface area (Å²) in [6.45, 7) is 0. The summed E-state index contributed by atoms with van der Waals surface area (Å²) in [6, 6.07) is 36.1. The van der Waals surface area contributed by atoms with Crippen LogP contribution in [0.1, 0.15) is 47.8 Å². The molecular weight excluding hydrogens is 472 g/mol. The molecule has 5 aromatic rings. The van der Waals surface area contributed by atoms with Crippen LogP contribution < -0.4 is 10.6 Å². The van der Waals surface area contributed by atoms with Crippen LogP contribution in [0.25, 0.3) is 0 Å². The van der Waals surface area contributed by atoms with Gasteiger partial charge in [0.05, 0.1) is 22.5 Å². The molecule has 0 aliphatic heterocycles. The van der Waals surface area contributed by atoms with Gasteiger partial charge in [0.1, 0.15) is 0 Å². The van der Waals surface area contributed by atoms with Crippen molar-refractivity contribution in [3.05, 3.63) is 155 Å². The van der Waals surface area contributed by atoms with Crippen molar-refractivity contribution in [2.24, 2.45) is 0 Å². The minimum absolute atomic E-state index is 0.178. The number of hydrogen-bond donors (Lipinski definition) is 2. The Morgan fingerprint density at radius 2 is 1.00 bits per heavy atom. The topological polar surface area (TPSA) is 75.3 Å². The van der Waals surface area contributed by atoms with Crippen LogP contribution >= 0.6 is 0 Å². The Morgan fingerprint density at radius 1 is 0.526 bits per heavy atom. The van der Waals surface area contributed by atoms with Crippen LogP contribution in [0.2, 0.25) is 0 Å². The van der Waals surface area contributed by atoms with Crippen molar-refractivity contribution in [2.45, 2.75) is 0 Å². The molecule has 0 atom stereocenters. The molecule has 0 amide bonds. The Kier molecular flexibility index (Phi) is 5.86. The first-order chi connectivity index (χ1) is 18.6. The summed E-state index contributed by atoms with van der Waals surface area (Å²) >= 11 is 0. The van der Waals surface area contributed by atoms with Gasteiger partial charge in [0.2, 0.25) is 0 Å². The third-order valence-electron chi connectivity index (χ3n) is 6.57. The Labute approximate surface area is 219 Å². The molecule has 0 fully saturated rings. The number of carbonyl (C=O) groups excluding carboxylic acids is 3. The number of ketones is 3. The van der Waals surface area contributed by atoms with E-state index in [9.17, 15) is 14.4 Å². The first-order valence-corrected chi connectivity index (χ1v) is 12.2. The second-order valence-corrected chi connectivity index (χ2v) is 8.98. The molecule has 2 N–H and O–H groups in total. The minimum Gasteiger partial charge on any atom is -0.355 e. The van der Waals surface area contributed by atoms with E-state index in [0.717, 1.165) is 5.69 Å². The monoisotopic (exact) mass is 494 g/mol. The lowest BCUT2D eigenvalue weighted by Gasteiger charge is -2.26. The highest BCUT2D eigenvalue weighted by Crippen LogP contribution is 2.41. The van der Waals surface area contributed by atoms with Crippen LogP contribution in [0, 0.1) is 0 Å². The Bertz CT molecular complexity index is 1700. The second kappa shape index (κ2) is 9.64. The summed E-state index contributed by atoms with van der Waals surface area (Å²) in [4.78, 5) is 41.9. The molecule has 0 aromatic heterocycles. The molecular formula is C33H22N2O3. The summed E-state index contributed by atoms with van der Waals surface area (Å²) in [5, 5.41) is 6.60. The Morgan fingerprint density at radius 3 is 1.58 bits per heavy atom. The molecule has 38 heavy (non-hydrogen) atoms. The third-order valence-corrected chi connectivity index (χ3v) is 6.57. The average molecular weight is 495 g/mol. The Balaban J connectivity index is 1.65. The molecule has 6 rings (SSSR count). The van der Waals surface area contributed by atoms with Crippen LogP contribution in [-0.4, -0.2) is 17.3 Å². The van der Waals surface area contributed by atoms with Crippen molar-refractivity contribution >= 4 is 40.1 Å². The van der Waals surface area contributed by atoms with Crippen molar-refractivity contribution in [1.82, 2.24) is 0 Å². The molecule has 1 aliphatic rings. The highest BCUT2D eigenvalue weighted by molar-refractivity contribution is 6.33. The molecule has 0 unspecified atom stereocenters. The van der Waals surface area contributed by atoms with Crippen molar-refractivity contribution in [2.75, 3.05) is 10.6 Å². The fourth-order valence-electron chi connectivity index (χ4n) is 4.79. The lowest BCUT2D eigenvalue weighted by Crippen LogP contribution is -2.25. The van der Waals surface area contributed by atoms with Crippen molar-refractivity contribution < 1.29 is 14.4 Å². The van der Waals surface area contributed by atoms with Crippen molar-refractivity contribution in [1.29, 1.82) is 0 Å². The molecule has 0 saturated heterocycles. The van der Waals surface area contributed by atoms with E-state index in [0.29, 0.717) is 33.8 Å². The standard InChI is InChI=1S/C33H22N2O3/c36-31(21-12-4-1-5-13-21)26-20-27(34-22-14-6-2-7-15-22)28-29(30(26)35-23-16-8-3-9-17-23)33(38)25-19-11-10-18-24(25)32(28)37/h1-20,34-35H. The van der Waals surface area contributed by atoms with Gasteiger partial charge in [0.15, 0.2) is 17.3 Å². The van der Waals surface area contributed by atoms with Crippen molar-refractivity contribution in [3.63, 3.8) is 0 Å². The SMILES string of the molecule is O=C(c1ccccc1)c1cc(Nc2ccccc2)c2c(c1Nc1ccccc1)C(=O)c1ccccc1C2=O. The van der Waals surface area contributed by atoms with E-state index < -0.39 is 0 Å². The van der Waals surface area contributed by atoms with E-state index in [1.165, 1.54) is 0 Å². The van der Waals surface area contributed by atoms with Crippen LogP contribution in [0.4, 0.5) is 22.7 Å². The highest BCUT2D eigenvalue weighted by Gasteiger charge is 2.36. The lowest BCUT2D eigenvalue weighted by molar-refractivity contribution is 0.0979. The van der Waals surface area contributed by atoms with E-state index >= 15 is 0 Å². The first kappa shape index (κ1) is 23.1. The first-order valence-electron chi connectivity index (χ1n) is 12.2. The Hall–Kier alpha value is -5.29. The normalized spacial score (nSPS) is 11.9. The van der Waals surface area contributed by atoms with Gasteiger partial charge >= 0.3 is 0 Å². The molecule has 0 spiro atoms. The fourth-order valence-corrected chi connectivity index (χ4v) is 4.79.